The van der Waals surface area contributed by atoms with Crippen molar-refractivity contribution in [2.75, 3.05) is 0 Å². The Morgan fingerprint density at radius 3 is 2.50 bits per heavy atom. The van der Waals surface area contributed by atoms with Gasteiger partial charge in [-0.05, 0) is 36.1 Å². The zero-order valence-corrected chi connectivity index (χ0v) is 12.8. The van der Waals surface area contributed by atoms with E-state index in [-0.39, 0.29) is 12.5 Å². The summed E-state index contributed by atoms with van der Waals surface area (Å²) < 4.78 is 5.19. The molecule has 4 nitrogen and oxygen atoms in total. The van der Waals surface area contributed by atoms with Gasteiger partial charge in [-0.2, -0.15) is 0 Å². The lowest BCUT2D eigenvalue weighted by molar-refractivity contribution is -0.161. The van der Waals surface area contributed by atoms with Crippen molar-refractivity contribution in [2.24, 2.45) is 5.92 Å². The standard InChI is InChI=1S/C18H20O4/c1-3-12(2)22-18(21)16(17(19)20)11-14-9-6-8-13-7-4-5-10-15(13)14/h4-10,12,16H,3,11H2,1-2H3,(H,19,20). The molecule has 22 heavy (non-hydrogen) atoms. The second kappa shape index (κ2) is 7.07. The van der Waals surface area contributed by atoms with Gasteiger partial charge in [-0.3, -0.25) is 9.59 Å². The van der Waals surface area contributed by atoms with Crippen LogP contribution < -0.4 is 0 Å². The number of carbonyl (C=O) groups is 2. The Morgan fingerprint density at radius 1 is 1.14 bits per heavy atom. The minimum absolute atomic E-state index is 0.131. The van der Waals surface area contributed by atoms with Gasteiger partial charge < -0.3 is 9.84 Å². The highest BCUT2D eigenvalue weighted by Gasteiger charge is 2.29. The first-order valence-corrected chi connectivity index (χ1v) is 7.42. The molecule has 2 rings (SSSR count). The number of aliphatic carboxylic acids is 1. The van der Waals surface area contributed by atoms with Gasteiger partial charge in [-0.1, -0.05) is 49.4 Å². The summed E-state index contributed by atoms with van der Waals surface area (Å²) in [7, 11) is 0. The quantitative estimate of drug-likeness (QED) is 0.656. The summed E-state index contributed by atoms with van der Waals surface area (Å²) in [6.45, 7) is 3.65. The molecule has 0 fully saturated rings. The number of carboxylic acids is 1. The van der Waals surface area contributed by atoms with Gasteiger partial charge in [-0.25, -0.2) is 0 Å². The van der Waals surface area contributed by atoms with E-state index in [1.165, 1.54) is 0 Å². The number of ether oxygens (including phenoxy) is 1. The van der Waals surface area contributed by atoms with Crippen LogP contribution in [0.15, 0.2) is 42.5 Å². The number of carboxylic acid groups (broad SMARTS) is 1. The number of hydrogen-bond donors (Lipinski definition) is 1. The minimum Gasteiger partial charge on any atom is -0.481 e. The lowest BCUT2D eigenvalue weighted by Crippen LogP contribution is -2.30. The molecular weight excluding hydrogens is 280 g/mol. The van der Waals surface area contributed by atoms with Crippen molar-refractivity contribution in [1.29, 1.82) is 0 Å². The summed E-state index contributed by atoms with van der Waals surface area (Å²) in [5, 5.41) is 11.4. The van der Waals surface area contributed by atoms with E-state index >= 15 is 0 Å². The van der Waals surface area contributed by atoms with Gasteiger partial charge in [0.1, 0.15) is 0 Å². The molecule has 1 N–H and O–H groups in total. The first-order chi connectivity index (χ1) is 10.5. The third-order valence-electron chi connectivity index (χ3n) is 3.78. The van der Waals surface area contributed by atoms with Gasteiger partial charge in [0.05, 0.1) is 6.10 Å². The molecule has 4 heteroatoms. The molecule has 0 bridgehead atoms. The fraction of sp³-hybridized carbons (Fsp3) is 0.333. The highest BCUT2D eigenvalue weighted by molar-refractivity contribution is 5.95. The van der Waals surface area contributed by atoms with Crippen LogP contribution in [0.25, 0.3) is 10.8 Å². The zero-order chi connectivity index (χ0) is 16.1. The molecule has 0 saturated heterocycles. The zero-order valence-electron chi connectivity index (χ0n) is 12.8. The summed E-state index contributed by atoms with van der Waals surface area (Å²) in [6, 6.07) is 13.4. The minimum atomic E-state index is -1.18. The van der Waals surface area contributed by atoms with E-state index in [2.05, 4.69) is 0 Å². The predicted molar refractivity (Wildman–Crippen MR) is 84.6 cm³/mol. The maximum Gasteiger partial charge on any atom is 0.320 e. The highest BCUT2D eigenvalue weighted by atomic mass is 16.5. The fourth-order valence-electron chi connectivity index (χ4n) is 2.33. The van der Waals surface area contributed by atoms with E-state index in [4.69, 9.17) is 4.74 Å². The Kier molecular flexibility index (Phi) is 5.15. The summed E-state index contributed by atoms with van der Waals surface area (Å²) in [5.41, 5.74) is 0.839. The Hall–Kier alpha value is -2.36. The van der Waals surface area contributed by atoms with E-state index in [9.17, 15) is 14.7 Å². The Labute approximate surface area is 129 Å². The van der Waals surface area contributed by atoms with Crippen molar-refractivity contribution in [3.05, 3.63) is 48.0 Å². The van der Waals surface area contributed by atoms with Gasteiger partial charge in [-0.15, -0.1) is 0 Å². The third kappa shape index (κ3) is 3.64. The summed E-state index contributed by atoms with van der Waals surface area (Å²) in [4.78, 5) is 23.5. The Morgan fingerprint density at radius 2 is 1.82 bits per heavy atom. The topological polar surface area (TPSA) is 63.6 Å². The van der Waals surface area contributed by atoms with E-state index in [1.54, 1.807) is 6.92 Å². The highest BCUT2D eigenvalue weighted by Crippen LogP contribution is 2.22. The molecule has 0 aliphatic heterocycles. The van der Waals surface area contributed by atoms with Crippen molar-refractivity contribution in [3.8, 4) is 0 Å². The van der Waals surface area contributed by atoms with Gasteiger partial charge >= 0.3 is 11.9 Å². The van der Waals surface area contributed by atoms with Crippen LogP contribution in [0.2, 0.25) is 0 Å². The molecule has 0 saturated carbocycles. The molecule has 2 unspecified atom stereocenters. The van der Waals surface area contributed by atoms with Crippen LogP contribution in [0.4, 0.5) is 0 Å². The van der Waals surface area contributed by atoms with Crippen LogP contribution in [-0.2, 0) is 20.7 Å². The SMILES string of the molecule is CCC(C)OC(=O)C(Cc1cccc2ccccc12)C(=O)O. The van der Waals surface area contributed by atoms with Crippen LogP contribution in [0.3, 0.4) is 0 Å². The van der Waals surface area contributed by atoms with Crippen molar-refractivity contribution < 1.29 is 19.4 Å². The third-order valence-corrected chi connectivity index (χ3v) is 3.78. The average molecular weight is 300 g/mol. The maximum atomic E-state index is 12.1. The molecule has 0 heterocycles. The smallest absolute Gasteiger partial charge is 0.320 e. The summed E-state index contributed by atoms with van der Waals surface area (Å²) >= 11 is 0. The van der Waals surface area contributed by atoms with Crippen molar-refractivity contribution >= 4 is 22.7 Å². The molecule has 0 aliphatic carbocycles. The molecule has 0 radical (unpaired) electrons. The molecule has 0 aliphatic rings. The largest absolute Gasteiger partial charge is 0.481 e. The van der Waals surface area contributed by atoms with E-state index in [0.29, 0.717) is 6.42 Å². The Bertz CT molecular complexity index is 672. The number of fused-ring (bicyclic) bond motifs is 1. The monoisotopic (exact) mass is 300 g/mol. The normalized spacial score (nSPS) is 13.5. The second-order valence-corrected chi connectivity index (χ2v) is 5.39. The van der Waals surface area contributed by atoms with E-state index in [0.717, 1.165) is 16.3 Å². The van der Waals surface area contributed by atoms with Crippen LogP contribution in [-0.4, -0.2) is 23.1 Å². The number of esters is 1. The molecular formula is C18H20O4. The first-order valence-electron chi connectivity index (χ1n) is 7.42. The molecule has 116 valence electrons. The fourth-order valence-corrected chi connectivity index (χ4v) is 2.33. The van der Waals surface area contributed by atoms with Crippen molar-refractivity contribution in [2.45, 2.75) is 32.8 Å². The van der Waals surface area contributed by atoms with Crippen molar-refractivity contribution in [3.63, 3.8) is 0 Å². The van der Waals surface area contributed by atoms with E-state index in [1.807, 2.05) is 49.4 Å². The van der Waals surface area contributed by atoms with E-state index < -0.39 is 17.9 Å². The van der Waals surface area contributed by atoms with Gasteiger partial charge in [0.25, 0.3) is 0 Å². The maximum absolute atomic E-state index is 12.1. The molecule has 0 amide bonds. The van der Waals surface area contributed by atoms with Crippen LogP contribution in [0.1, 0.15) is 25.8 Å². The number of carbonyl (C=O) groups excluding carboxylic acids is 1. The van der Waals surface area contributed by atoms with Crippen molar-refractivity contribution in [1.82, 2.24) is 0 Å². The Balaban J connectivity index is 2.27. The van der Waals surface area contributed by atoms with Gasteiger partial charge in [0.2, 0.25) is 0 Å². The van der Waals surface area contributed by atoms with Crippen LogP contribution >= 0.6 is 0 Å². The van der Waals surface area contributed by atoms with Crippen LogP contribution in [0.5, 0.6) is 0 Å². The predicted octanol–water partition coefficient (Wildman–Crippen LogP) is 3.42. The lowest BCUT2D eigenvalue weighted by Gasteiger charge is -2.16. The number of hydrogen-bond acceptors (Lipinski definition) is 3. The molecule has 0 aromatic heterocycles. The molecule has 2 atom stereocenters. The molecule has 2 aromatic carbocycles. The average Bonchev–Trinajstić information content (AvgIpc) is 2.52. The number of benzene rings is 2. The molecule has 0 spiro atoms. The lowest BCUT2D eigenvalue weighted by atomic mass is 9.95. The first kappa shape index (κ1) is 16.0. The second-order valence-electron chi connectivity index (χ2n) is 5.39. The van der Waals surface area contributed by atoms with Gasteiger partial charge in [0.15, 0.2) is 5.92 Å². The van der Waals surface area contributed by atoms with Crippen LogP contribution in [0, 0.1) is 5.92 Å². The summed E-state index contributed by atoms with van der Waals surface area (Å²) in [6.07, 6.45) is 0.514. The summed E-state index contributed by atoms with van der Waals surface area (Å²) in [5.74, 6) is -3.00. The molecule has 2 aromatic rings. The number of rotatable bonds is 6. The van der Waals surface area contributed by atoms with Gasteiger partial charge in [0, 0.05) is 0 Å².